The van der Waals surface area contributed by atoms with Gasteiger partial charge in [0.2, 0.25) is 5.91 Å². The maximum atomic E-state index is 11.9. The first-order chi connectivity index (χ1) is 12.7. The van der Waals surface area contributed by atoms with E-state index >= 15 is 0 Å². The van der Waals surface area contributed by atoms with Gasteiger partial charge in [0.1, 0.15) is 0 Å². The van der Waals surface area contributed by atoms with Crippen molar-refractivity contribution in [1.29, 1.82) is 0 Å². The molecule has 1 heterocycles. The Bertz CT molecular complexity index is 843. The summed E-state index contributed by atoms with van der Waals surface area (Å²) in [5.74, 6) is -0.485. The van der Waals surface area contributed by atoms with Gasteiger partial charge in [-0.1, -0.05) is 42.5 Å². The zero-order valence-corrected chi connectivity index (χ0v) is 14.3. The molecule has 0 atom stereocenters. The van der Waals surface area contributed by atoms with Crippen LogP contribution in [0.15, 0.2) is 73.3 Å². The molecule has 3 aromatic rings. The van der Waals surface area contributed by atoms with Crippen LogP contribution in [0.3, 0.4) is 0 Å². The summed E-state index contributed by atoms with van der Waals surface area (Å²) in [6.45, 7) is 1.13. The molecule has 0 bridgehead atoms. The van der Waals surface area contributed by atoms with Crippen molar-refractivity contribution >= 4 is 11.8 Å². The van der Waals surface area contributed by atoms with Gasteiger partial charge in [-0.15, -0.1) is 0 Å². The fourth-order valence-corrected chi connectivity index (χ4v) is 2.47. The monoisotopic (exact) mass is 348 g/mol. The second kappa shape index (κ2) is 8.62. The Kier molecular flexibility index (Phi) is 5.77. The van der Waals surface area contributed by atoms with Crippen molar-refractivity contribution in [3.8, 4) is 0 Å². The Hall–Kier alpha value is -3.41. The van der Waals surface area contributed by atoms with Gasteiger partial charge in [-0.25, -0.2) is 4.98 Å². The molecule has 1 aromatic heterocycles. The number of nitrogens with one attached hydrogen (secondary N) is 2. The van der Waals surface area contributed by atoms with Crippen LogP contribution < -0.4 is 10.6 Å². The van der Waals surface area contributed by atoms with Gasteiger partial charge in [0.15, 0.2) is 0 Å². The van der Waals surface area contributed by atoms with Gasteiger partial charge in [-0.3, -0.25) is 9.59 Å². The molecular formula is C20H20N4O2. The van der Waals surface area contributed by atoms with Gasteiger partial charge >= 0.3 is 0 Å². The predicted octanol–water partition coefficient (Wildman–Crippen LogP) is 1.98. The zero-order chi connectivity index (χ0) is 18.2. The SMILES string of the molecule is O=C(CNC(=O)c1ccccc1)NCc1ccc(Cn2ccnc2)cc1. The number of carbonyl (C=O) groups excluding carboxylic acids is 2. The number of amides is 2. The number of hydrogen-bond acceptors (Lipinski definition) is 3. The van der Waals surface area contributed by atoms with Crippen molar-refractivity contribution in [3.63, 3.8) is 0 Å². The first-order valence-corrected chi connectivity index (χ1v) is 8.34. The van der Waals surface area contributed by atoms with E-state index in [1.807, 2.05) is 41.1 Å². The van der Waals surface area contributed by atoms with Gasteiger partial charge in [0.05, 0.1) is 12.9 Å². The number of nitrogens with zero attached hydrogens (tertiary/aromatic N) is 2. The number of carbonyl (C=O) groups is 2. The first kappa shape index (κ1) is 17.4. The molecule has 0 saturated heterocycles. The van der Waals surface area contributed by atoms with Crippen LogP contribution in [-0.4, -0.2) is 27.9 Å². The summed E-state index contributed by atoms with van der Waals surface area (Å²) >= 11 is 0. The third-order valence-corrected chi connectivity index (χ3v) is 3.88. The highest BCUT2D eigenvalue weighted by molar-refractivity contribution is 5.96. The van der Waals surface area contributed by atoms with E-state index in [-0.39, 0.29) is 18.4 Å². The van der Waals surface area contributed by atoms with Crippen molar-refractivity contribution < 1.29 is 9.59 Å². The van der Waals surface area contributed by atoms with Crippen LogP contribution in [-0.2, 0) is 17.9 Å². The molecule has 0 unspecified atom stereocenters. The van der Waals surface area contributed by atoms with Crippen LogP contribution in [0, 0.1) is 0 Å². The minimum atomic E-state index is -0.260. The van der Waals surface area contributed by atoms with Crippen molar-refractivity contribution in [2.45, 2.75) is 13.1 Å². The molecule has 6 nitrogen and oxygen atoms in total. The lowest BCUT2D eigenvalue weighted by Gasteiger charge is -2.08. The molecule has 0 aliphatic rings. The van der Waals surface area contributed by atoms with E-state index in [9.17, 15) is 9.59 Å². The van der Waals surface area contributed by atoms with E-state index in [0.29, 0.717) is 12.1 Å². The van der Waals surface area contributed by atoms with Gasteiger partial charge in [-0.2, -0.15) is 0 Å². The summed E-state index contributed by atoms with van der Waals surface area (Å²) in [6.07, 6.45) is 5.44. The minimum Gasteiger partial charge on any atom is -0.350 e. The molecule has 0 fully saturated rings. The van der Waals surface area contributed by atoms with Gasteiger partial charge in [-0.05, 0) is 23.3 Å². The summed E-state index contributed by atoms with van der Waals surface area (Å²) in [6, 6.07) is 16.8. The topological polar surface area (TPSA) is 76.0 Å². The number of imidazole rings is 1. The molecule has 0 aliphatic carbocycles. The van der Waals surface area contributed by atoms with Crippen molar-refractivity contribution in [1.82, 2.24) is 20.2 Å². The number of rotatable bonds is 7. The van der Waals surface area contributed by atoms with Crippen LogP contribution in [0.1, 0.15) is 21.5 Å². The molecule has 0 saturated carbocycles. The molecule has 2 aromatic carbocycles. The maximum absolute atomic E-state index is 11.9. The van der Waals surface area contributed by atoms with Crippen molar-refractivity contribution in [3.05, 3.63) is 90.0 Å². The summed E-state index contributed by atoms with van der Waals surface area (Å²) in [5.41, 5.74) is 2.70. The van der Waals surface area contributed by atoms with Crippen molar-refractivity contribution in [2.75, 3.05) is 6.54 Å². The molecule has 0 radical (unpaired) electrons. The normalized spacial score (nSPS) is 10.3. The van der Waals surface area contributed by atoms with Crippen LogP contribution in [0.5, 0.6) is 0 Å². The van der Waals surface area contributed by atoms with Crippen LogP contribution >= 0.6 is 0 Å². The smallest absolute Gasteiger partial charge is 0.251 e. The number of benzene rings is 2. The van der Waals surface area contributed by atoms with Gasteiger partial charge in [0.25, 0.3) is 5.91 Å². The second-order valence-electron chi connectivity index (χ2n) is 5.88. The molecule has 0 aliphatic heterocycles. The highest BCUT2D eigenvalue weighted by Gasteiger charge is 2.07. The standard InChI is InChI=1S/C20H20N4O2/c25-19(13-23-20(26)18-4-2-1-3-5-18)22-12-16-6-8-17(9-7-16)14-24-11-10-21-15-24/h1-11,15H,12-14H2,(H,22,25)(H,23,26). The van der Waals surface area contributed by atoms with Crippen molar-refractivity contribution in [2.24, 2.45) is 0 Å². The fraction of sp³-hybridized carbons (Fsp3) is 0.150. The first-order valence-electron chi connectivity index (χ1n) is 8.34. The Morgan fingerprint density at radius 2 is 1.65 bits per heavy atom. The lowest BCUT2D eigenvalue weighted by Crippen LogP contribution is -2.36. The van der Waals surface area contributed by atoms with Crippen LogP contribution in [0.25, 0.3) is 0 Å². The van der Waals surface area contributed by atoms with E-state index < -0.39 is 0 Å². The minimum absolute atomic E-state index is 0.0492. The highest BCUT2D eigenvalue weighted by atomic mass is 16.2. The summed E-state index contributed by atoms with van der Waals surface area (Å²) < 4.78 is 1.99. The molecule has 6 heteroatoms. The molecule has 132 valence electrons. The molecular weight excluding hydrogens is 328 g/mol. The zero-order valence-electron chi connectivity index (χ0n) is 14.3. The largest absolute Gasteiger partial charge is 0.350 e. The summed E-state index contributed by atoms with van der Waals surface area (Å²) in [5, 5.41) is 5.41. The molecule has 3 rings (SSSR count). The Labute approximate surface area is 151 Å². The van der Waals surface area contributed by atoms with E-state index in [2.05, 4.69) is 15.6 Å². The fourth-order valence-electron chi connectivity index (χ4n) is 2.47. The summed E-state index contributed by atoms with van der Waals surface area (Å²) in [4.78, 5) is 27.8. The van der Waals surface area contributed by atoms with E-state index in [1.165, 1.54) is 0 Å². The Morgan fingerprint density at radius 1 is 0.923 bits per heavy atom. The average Bonchev–Trinajstić information content (AvgIpc) is 3.19. The second-order valence-corrected chi connectivity index (χ2v) is 5.88. The highest BCUT2D eigenvalue weighted by Crippen LogP contribution is 2.06. The van der Waals surface area contributed by atoms with E-state index in [1.54, 1.807) is 36.8 Å². The van der Waals surface area contributed by atoms with Gasteiger partial charge < -0.3 is 15.2 Å². The lowest BCUT2D eigenvalue weighted by atomic mass is 10.1. The Morgan fingerprint density at radius 3 is 2.35 bits per heavy atom. The molecule has 2 N–H and O–H groups in total. The molecule has 0 spiro atoms. The Balaban J connectivity index is 1.42. The lowest BCUT2D eigenvalue weighted by molar-refractivity contribution is -0.120. The maximum Gasteiger partial charge on any atom is 0.251 e. The van der Waals surface area contributed by atoms with E-state index in [4.69, 9.17) is 0 Å². The number of hydrogen-bond donors (Lipinski definition) is 2. The van der Waals surface area contributed by atoms with E-state index in [0.717, 1.165) is 17.7 Å². The third kappa shape index (κ3) is 5.04. The third-order valence-electron chi connectivity index (χ3n) is 3.88. The van der Waals surface area contributed by atoms with Gasteiger partial charge in [0, 0.05) is 31.0 Å². The quantitative estimate of drug-likeness (QED) is 0.685. The average molecular weight is 348 g/mol. The van der Waals surface area contributed by atoms with Crippen LogP contribution in [0.2, 0.25) is 0 Å². The van der Waals surface area contributed by atoms with Crippen LogP contribution in [0.4, 0.5) is 0 Å². The molecule has 26 heavy (non-hydrogen) atoms. The predicted molar refractivity (Wildman–Crippen MR) is 98.4 cm³/mol. The number of aromatic nitrogens is 2. The summed E-state index contributed by atoms with van der Waals surface area (Å²) in [7, 11) is 0. The molecule has 2 amide bonds.